The van der Waals surface area contributed by atoms with Gasteiger partial charge in [-0.1, -0.05) is 18.2 Å². The Balaban J connectivity index is 1.59. The van der Waals surface area contributed by atoms with Crippen LogP contribution in [0.25, 0.3) is 10.6 Å². The van der Waals surface area contributed by atoms with E-state index in [-0.39, 0.29) is 12.3 Å². The molecule has 0 spiro atoms. The minimum absolute atomic E-state index is 0.226. The molecular weight excluding hydrogens is 361 g/mol. The molecule has 0 amide bonds. The van der Waals surface area contributed by atoms with Crippen molar-refractivity contribution in [3.8, 4) is 10.6 Å². The zero-order valence-corrected chi connectivity index (χ0v) is 15.3. The largest absolute Gasteiger partial charge is 0.268 e. The molecule has 0 aliphatic heterocycles. The van der Waals surface area contributed by atoms with Crippen molar-refractivity contribution in [3.63, 3.8) is 0 Å². The molecule has 0 fully saturated rings. The zero-order chi connectivity index (χ0) is 17.9. The molecule has 2 heterocycles. The van der Waals surface area contributed by atoms with Gasteiger partial charge < -0.3 is 0 Å². The molecule has 5 nitrogen and oxygen atoms in total. The van der Waals surface area contributed by atoms with E-state index in [4.69, 9.17) is 0 Å². The van der Waals surface area contributed by atoms with E-state index < -0.39 is 15.8 Å². The molecule has 0 unspecified atom stereocenters. The number of halogens is 1. The molecule has 3 aromatic rings. The Bertz CT molecular complexity index is 950. The van der Waals surface area contributed by atoms with Crippen LogP contribution in [0.5, 0.6) is 0 Å². The highest BCUT2D eigenvalue weighted by molar-refractivity contribution is 7.88. The maximum absolute atomic E-state index is 13.2. The summed E-state index contributed by atoms with van der Waals surface area (Å²) in [5.74, 6) is -0.690. The minimum Gasteiger partial charge on any atom is -0.268 e. The van der Waals surface area contributed by atoms with Crippen molar-refractivity contribution in [2.75, 3.05) is 6.54 Å². The quantitative estimate of drug-likeness (QED) is 0.686. The van der Waals surface area contributed by atoms with Crippen molar-refractivity contribution >= 4 is 21.4 Å². The molecule has 0 saturated carbocycles. The van der Waals surface area contributed by atoms with E-state index >= 15 is 0 Å². The number of nitrogens with zero attached hydrogens (tertiary/aromatic N) is 2. The number of hydrogen-bond acceptors (Lipinski definition) is 4. The van der Waals surface area contributed by atoms with Gasteiger partial charge in [0.2, 0.25) is 10.0 Å². The van der Waals surface area contributed by atoms with Crippen LogP contribution in [0.4, 0.5) is 4.39 Å². The molecule has 0 atom stereocenters. The van der Waals surface area contributed by atoms with Crippen LogP contribution in [0.3, 0.4) is 0 Å². The topological polar surface area (TPSA) is 64.0 Å². The maximum Gasteiger partial charge on any atom is 0.215 e. The van der Waals surface area contributed by atoms with Crippen LogP contribution in [-0.4, -0.2) is 24.7 Å². The van der Waals surface area contributed by atoms with Gasteiger partial charge in [-0.15, -0.1) is 11.3 Å². The SMILES string of the molecule is Cc1cc(-c2cccs2)nn1CCNS(=O)(=O)Cc1cccc(F)c1. The highest BCUT2D eigenvalue weighted by Crippen LogP contribution is 2.23. The van der Waals surface area contributed by atoms with Crippen LogP contribution in [-0.2, 0) is 22.3 Å². The van der Waals surface area contributed by atoms with Crippen LogP contribution >= 0.6 is 11.3 Å². The van der Waals surface area contributed by atoms with Crippen molar-refractivity contribution in [1.82, 2.24) is 14.5 Å². The van der Waals surface area contributed by atoms with E-state index in [9.17, 15) is 12.8 Å². The first-order valence-corrected chi connectivity index (χ1v) is 10.3. The average molecular weight is 379 g/mol. The molecule has 0 saturated heterocycles. The molecule has 3 rings (SSSR count). The standard InChI is InChI=1S/C17H18FN3O2S2/c1-13-10-16(17-6-3-9-24-17)20-21(13)8-7-19-25(22,23)12-14-4-2-5-15(18)11-14/h2-6,9-11,19H,7-8,12H2,1H3. The summed E-state index contributed by atoms with van der Waals surface area (Å²) in [6, 6.07) is 11.5. The number of rotatable bonds is 7. The van der Waals surface area contributed by atoms with Gasteiger partial charge in [0.15, 0.2) is 0 Å². The summed E-state index contributed by atoms with van der Waals surface area (Å²) in [5, 5.41) is 6.50. The van der Waals surface area contributed by atoms with Gasteiger partial charge in [-0.2, -0.15) is 5.10 Å². The Morgan fingerprint density at radius 1 is 1.24 bits per heavy atom. The van der Waals surface area contributed by atoms with Gasteiger partial charge in [0.05, 0.1) is 17.2 Å². The van der Waals surface area contributed by atoms with Gasteiger partial charge in [0.25, 0.3) is 0 Å². The smallest absolute Gasteiger partial charge is 0.215 e. The summed E-state index contributed by atoms with van der Waals surface area (Å²) in [7, 11) is -3.53. The van der Waals surface area contributed by atoms with Gasteiger partial charge in [0, 0.05) is 12.2 Å². The molecule has 25 heavy (non-hydrogen) atoms. The Hall–Kier alpha value is -2.03. The van der Waals surface area contributed by atoms with E-state index in [0.717, 1.165) is 16.3 Å². The lowest BCUT2D eigenvalue weighted by molar-refractivity contribution is 0.555. The number of thiophene rings is 1. The summed E-state index contributed by atoms with van der Waals surface area (Å²) < 4.78 is 41.7. The first-order chi connectivity index (χ1) is 11.9. The molecule has 8 heteroatoms. The van der Waals surface area contributed by atoms with E-state index in [2.05, 4.69) is 9.82 Å². The number of nitrogens with one attached hydrogen (secondary N) is 1. The van der Waals surface area contributed by atoms with Crippen molar-refractivity contribution in [1.29, 1.82) is 0 Å². The fourth-order valence-electron chi connectivity index (χ4n) is 2.49. The lowest BCUT2D eigenvalue weighted by atomic mass is 10.2. The Morgan fingerprint density at radius 2 is 2.08 bits per heavy atom. The van der Waals surface area contributed by atoms with Crippen LogP contribution < -0.4 is 4.72 Å². The van der Waals surface area contributed by atoms with Crippen molar-refractivity contribution in [3.05, 3.63) is 64.9 Å². The number of benzene rings is 1. The molecular formula is C17H18FN3O2S2. The highest BCUT2D eigenvalue weighted by Gasteiger charge is 2.13. The fraction of sp³-hybridized carbons (Fsp3) is 0.235. The molecule has 0 radical (unpaired) electrons. The highest BCUT2D eigenvalue weighted by atomic mass is 32.2. The monoisotopic (exact) mass is 379 g/mol. The van der Waals surface area contributed by atoms with Crippen LogP contribution in [0.1, 0.15) is 11.3 Å². The Labute approximate surface area is 150 Å². The van der Waals surface area contributed by atoms with Gasteiger partial charge >= 0.3 is 0 Å². The van der Waals surface area contributed by atoms with E-state index in [1.807, 2.05) is 30.5 Å². The normalized spacial score (nSPS) is 11.8. The van der Waals surface area contributed by atoms with E-state index in [0.29, 0.717) is 12.1 Å². The summed E-state index contributed by atoms with van der Waals surface area (Å²) >= 11 is 1.61. The van der Waals surface area contributed by atoms with Crippen molar-refractivity contribution in [2.45, 2.75) is 19.2 Å². The first kappa shape index (κ1) is 17.8. The fourth-order valence-corrected chi connectivity index (χ4v) is 4.29. The van der Waals surface area contributed by atoms with Gasteiger partial charge in [-0.25, -0.2) is 17.5 Å². The minimum atomic E-state index is -3.53. The van der Waals surface area contributed by atoms with E-state index in [1.54, 1.807) is 22.1 Å². The van der Waals surface area contributed by atoms with Gasteiger partial charge in [-0.05, 0) is 42.1 Å². The van der Waals surface area contributed by atoms with Crippen LogP contribution in [0.15, 0.2) is 47.8 Å². The summed E-state index contributed by atoms with van der Waals surface area (Å²) in [6.07, 6.45) is 0. The summed E-state index contributed by atoms with van der Waals surface area (Å²) in [4.78, 5) is 1.08. The lowest BCUT2D eigenvalue weighted by Gasteiger charge is -2.08. The third-order valence-corrected chi connectivity index (χ3v) is 5.90. The van der Waals surface area contributed by atoms with Gasteiger partial charge in [-0.3, -0.25) is 4.68 Å². The molecule has 0 bridgehead atoms. The molecule has 2 aromatic heterocycles. The summed E-state index contributed by atoms with van der Waals surface area (Å²) in [5.41, 5.74) is 2.27. The predicted octanol–water partition coefficient (Wildman–Crippen LogP) is 3.18. The molecule has 0 aliphatic carbocycles. The molecule has 0 aliphatic rings. The first-order valence-electron chi connectivity index (χ1n) is 7.73. The summed E-state index contributed by atoms with van der Waals surface area (Å²) in [6.45, 7) is 2.59. The zero-order valence-electron chi connectivity index (χ0n) is 13.6. The molecule has 1 N–H and O–H groups in total. The Kier molecular flexibility index (Phi) is 5.31. The number of hydrogen-bond donors (Lipinski definition) is 1. The third-order valence-electron chi connectivity index (χ3n) is 3.65. The second-order valence-corrected chi connectivity index (χ2v) is 8.41. The number of aromatic nitrogens is 2. The predicted molar refractivity (Wildman–Crippen MR) is 97.3 cm³/mol. The second kappa shape index (κ2) is 7.47. The average Bonchev–Trinajstić information content (AvgIpc) is 3.17. The molecule has 1 aromatic carbocycles. The van der Waals surface area contributed by atoms with Crippen LogP contribution in [0, 0.1) is 12.7 Å². The lowest BCUT2D eigenvalue weighted by Crippen LogP contribution is -2.29. The van der Waals surface area contributed by atoms with Crippen molar-refractivity contribution < 1.29 is 12.8 Å². The van der Waals surface area contributed by atoms with E-state index in [1.165, 1.54) is 18.2 Å². The number of sulfonamides is 1. The number of aryl methyl sites for hydroxylation is 1. The second-order valence-electron chi connectivity index (χ2n) is 5.65. The van der Waals surface area contributed by atoms with Gasteiger partial charge in [0.1, 0.15) is 11.5 Å². The van der Waals surface area contributed by atoms with Crippen LogP contribution in [0.2, 0.25) is 0 Å². The van der Waals surface area contributed by atoms with Crippen molar-refractivity contribution in [2.24, 2.45) is 0 Å². The Morgan fingerprint density at radius 3 is 2.80 bits per heavy atom. The maximum atomic E-state index is 13.2. The third kappa shape index (κ3) is 4.75. The molecule has 132 valence electrons.